The SMILES string of the molecule is CCNC(=NCc1cccc(OCC(C)C)c1)N1CCC(c2cnn(C)c2)C1.I. The number of nitrogens with one attached hydrogen (secondary N) is 1. The number of aliphatic imine (C=N–C) groups is 1. The van der Waals surface area contributed by atoms with E-state index in [1.165, 1.54) is 11.1 Å². The highest BCUT2D eigenvalue weighted by Gasteiger charge is 2.26. The summed E-state index contributed by atoms with van der Waals surface area (Å²) < 4.78 is 7.73. The summed E-state index contributed by atoms with van der Waals surface area (Å²) in [5, 5.41) is 7.77. The first-order chi connectivity index (χ1) is 13.5. The lowest BCUT2D eigenvalue weighted by molar-refractivity contribution is 0.271. The number of benzene rings is 1. The van der Waals surface area contributed by atoms with E-state index < -0.39 is 0 Å². The van der Waals surface area contributed by atoms with Gasteiger partial charge in [0.15, 0.2) is 5.96 Å². The molecule has 2 aromatic rings. The van der Waals surface area contributed by atoms with Crippen molar-refractivity contribution < 1.29 is 4.74 Å². The molecule has 0 radical (unpaired) electrons. The summed E-state index contributed by atoms with van der Waals surface area (Å²) >= 11 is 0. The zero-order valence-electron chi connectivity index (χ0n) is 18.0. The molecule has 29 heavy (non-hydrogen) atoms. The lowest BCUT2D eigenvalue weighted by Gasteiger charge is -2.21. The predicted octanol–water partition coefficient (Wildman–Crippen LogP) is 4.03. The van der Waals surface area contributed by atoms with Crippen molar-refractivity contribution in [2.24, 2.45) is 18.0 Å². The Morgan fingerprint density at radius 2 is 2.21 bits per heavy atom. The molecule has 0 bridgehead atoms. The van der Waals surface area contributed by atoms with Crippen LogP contribution in [0.2, 0.25) is 0 Å². The van der Waals surface area contributed by atoms with E-state index in [4.69, 9.17) is 9.73 Å². The second-order valence-corrected chi connectivity index (χ2v) is 7.90. The van der Waals surface area contributed by atoms with Gasteiger partial charge in [-0.1, -0.05) is 26.0 Å². The third-order valence-corrected chi connectivity index (χ3v) is 4.91. The molecule has 6 nitrogen and oxygen atoms in total. The van der Waals surface area contributed by atoms with Crippen LogP contribution in [0.1, 0.15) is 44.2 Å². The van der Waals surface area contributed by atoms with E-state index in [0.29, 0.717) is 18.4 Å². The molecule has 1 aliphatic rings. The molecule has 160 valence electrons. The van der Waals surface area contributed by atoms with E-state index in [-0.39, 0.29) is 24.0 Å². The maximum Gasteiger partial charge on any atom is 0.194 e. The molecule has 1 atom stereocenters. The van der Waals surface area contributed by atoms with E-state index in [9.17, 15) is 0 Å². The third-order valence-electron chi connectivity index (χ3n) is 4.91. The van der Waals surface area contributed by atoms with E-state index in [1.54, 1.807) is 0 Å². The average Bonchev–Trinajstić information content (AvgIpc) is 3.33. The summed E-state index contributed by atoms with van der Waals surface area (Å²) in [6.45, 7) is 10.7. The second kappa shape index (κ2) is 11.4. The predicted molar refractivity (Wildman–Crippen MR) is 129 cm³/mol. The maximum atomic E-state index is 5.84. The Morgan fingerprint density at radius 3 is 2.90 bits per heavy atom. The zero-order chi connectivity index (χ0) is 19.9. The highest BCUT2D eigenvalue weighted by atomic mass is 127. The topological polar surface area (TPSA) is 54.7 Å². The Kier molecular flexibility index (Phi) is 9.26. The molecule has 1 fully saturated rings. The quantitative estimate of drug-likeness (QED) is 0.347. The fourth-order valence-electron chi connectivity index (χ4n) is 3.46. The molecule has 0 spiro atoms. The minimum absolute atomic E-state index is 0. The van der Waals surface area contributed by atoms with Gasteiger partial charge in [-0.05, 0) is 42.5 Å². The van der Waals surface area contributed by atoms with Gasteiger partial charge in [0, 0.05) is 38.8 Å². The first kappa shape index (κ1) is 23.5. The number of halogens is 1. The maximum absolute atomic E-state index is 5.84. The van der Waals surface area contributed by atoms with Gasteiger partial charge in [-0.2, -0.15) is 5.10 Å². The molecule has 1 aromatic heterocycles. The van der Waals surface area contributed by atoms with Crippen LogP contribution in [-0.4, -0.2) is 46.9 Å². The van der Waals surface area contributed by atoms with E-state index in [2.05, 4.69) is 54.4 Å². The van der Waals surface area contributed by atoms with Crippen molar-refractivity contribution in [2.45, 2.75) is 39.7 Å². The Balaban J connectivity index is 0.00000300. The van der Waals surface area contributed by atoms with Gasteiger partial charge in [0.05, 0.1) is 19.3 Å². The number of guanidine groups is 1. The number of rotatable bonds is 7. The number of hydrogen-bond acceptors (Lipinski definition) is 3. The fraction of sp³-hybridized carbons (Fsp3) is 0.545. The van der Waals surface area contributed by atoms with Crippen molar-refractivity contribution in [3.63, 3.8) is 0 Å². The first-order valence-electron chi connectivity index (χ1n) is 10.3. The summed E-state index contributed by atoms with van der Waals surface area (Å²) in [6.07, 6.45) is 5.25. The van der Waals surface area contributed by atoms with Crippen LogP contribution in [0.3, 0.4) is 0 Å². The van der Waals surface area contributed by atoms with Crippen LogP contribution in [0.5, 0.6) is 5.75 Å². The van der Waals surface area contributed by atoms with Gasteiger partial charge in [-0.3, -0.25) is 4.68 Å². The highest BCUT2D eigenvalue weighted by Crippen LogP contribution is 2.26. The molecule has 0 aliphatic carbocycles. The van der Waals surface area contributed by atoms with Crippen LogP contribution in [-0.2, 0) is 13.6 Å². The monoisotopic (exact) mass is 511 g/mol. The van der Waals surface area contributed by atoms with Gasteiger partial charge in [0.25, 0.3) is 0 Å². The van der Waals surface area contributed by atoms with Crippen LogP contribution in [0.4, 0.5) is 0 Å². The first-order valence-corrected chi connectivity index (χ1v) is 10.3. The minimum atomic E-state index is 0. The fourth-order valence-corrected chi connectivity index (χ4v) is 3.46. The van der Waals surface area contributed by atoms with E-state index in [1.807, 2.05) is 30.1 Å². The summed E-state index contributed by atoms with van der Waals surface area (Å²) in [5.41, 5.74) is 2.48. The van der Waals surface area contributed by atoms with Crippen LogP contribution < -0.4 is 10.1 Å². The number of aryl methyl sites for hydroxylation is 1. The standard InChI is InChI=1S/C22H33N5O.HI/c1-5-23-22(27-10-9-19(15-27)20-13-25-26(4)14-20)24-12-18-7-6-8-21(11-18)28-16-17(2)3;/h6-8,11,13-14,17,19H,5,9-10,12,15-16H2,1-4H3,(H,23,24);1H. The summed E-state index contributed by atoms with van der Waals surface area (Å²) in [5.74, 6) is 2.95. The van der Waals surface area contributed by atoms with Gasteiger partial charge < -0.3 is 15.0 Å². The number of hydrogen-bond donors (Lipinski definition) is 1. The molecule has 1 aromatic carbocycles. The van der Waals surface area contributed by atoms with Crippen LogP contribution in [0.15, 0.2) is 41.7 Å². The smallest absolute Gasteiger partial charge is 0.194 e. The largest absolute Gasteiger partial charge is 0.493 e. The van der Waals surface area contributed by atoms with Crippen LogP contribution in [0.25, 0.3) is 0 Å². The molecule has 1 unspecified atom stereocenters. The molecule has 1 aliphatic heterocycles. The van der Waals surface area contributed by atoms with Gasteiger partial charge in [-0.15, -0.1) is 24.0 Å². The second-order valence-electron chi connectivity index (χ2n) is 7.90. The average molecular weight is 511 g/mol. The van der Waals surface area contributed by atoms with Gasteiger partial charge in [0.2, 0.25) is 0 Å². The number of aromatic nitrogens is 2. The highest BCUT2D eigenvalue weighted by molar-refractivity contribution is 14.0. The van der Waals surface area contributed by atoms with Crippen LogP contribution >= 0.6 is 24.0 Å². The normalized spacial score (nSPS) is 16.8. The molecule has 0 amide bonds. The molecule has 2 heterocycles. The molecule has 1 saturated heterocycles. The van der Waals surface area contributed by atoms with Crippen LogP contribution in [0, 0.1) is 5.92 Å². The summed E-state index contributed by atoms with van der Waals surface area (Å²) in [4.78, 5) is 7.25. The lowest BCUT2D eigenvalue weighted by atomic mass is 10.0. The number of likely N-dealkylation sites (tertiary alicyclic amines) is 1. The zero-order valence-corrected chi connectivity index (χ0v) is 20.3. The Labute approximate surface area is 191 Å². The van der Waals surface area contributed by atoms with Crippen molar-refractivity contribution in [3.8, 4) is 5.75 Å². The molecular formula is C22H34IN5O. The van der Waals surface area contributed by atoms with Crippen molar-refractivity contribution in [1.29, 1.82) is 0 Å². The molecule has 7 heteroatoms. The molecule has 3 rings (SSSR count). The summed E-state index contributed by atoms with van der Waals surface area (Å²) in [7, 11) is 1.97. The van der Waals surface area contributed by atoms with Gasteiger partial charge in [-0.25, -0.2) is 4.99 Å². The van der Waals surface area contributed by atoms with Crippen molar-refractivity contribution in [1.82, 2.24) is 20.0 Å². The van der Waals surface area contributed by atoms with Gasteiger partial charge in [0.1, 0.15) is 5.75 Å². The number of nitrogens with zero attached hydrogens (tertiary/aromatic N) is 4. The Morgan fingerprint density at radius 1 is 1.38 bits per heavy atom. The molecule has 1 N–H and O–H groups in total. The Bertz CT molecular complexity index is 789. The van der Waals surface area contributed by atoms with Gasteiger partial charge >= 0.3 is 0 Å². The van der Waals surface area contributed by atoms with E-state index >= 15 is 0 Å². The molecule has 0 saturated carbocycles. The van der Waals surface area contributed by atoms with Crippen molar-refractivity contribution >= 4 is 29.9 Å². The van der Waals surface area contributed by atoms with E-state index in [0.717, 1.165) is 44.4 Å². The third kappa shape index (κ3) is 6.90. The minimum Gasteiger partial charge on any atom is -0.493 e. The molecular weight excluding hydrogens is 477 g/mol. The summed E-state index contributed by atoms with van der Waals surface area (Å²) in [6, 6.07) is 8.26. The number of ether oxygens (including phenoxy) is 1. The lowest BCUT2D eigenvalue weighted by Crippen LogP contribution is -2.40. The van der Waals surface area contributed by atoms with Crippen molar-refractivity contribution in [2.75, 3.05) is 26.2 Å². The Hall–Kier alpha value is -1.77. The van der Waals surface area contributed by atoms with Crippen molar-refractivity contribution in [3.05, 3.63) is 47.8 Å².